The molecule has 0 fully saturated rings. The molecule has 0 aliphatic carbocycles. The smallest absolute Gasteiger partial charge is 0.264 e. The number of benzene rings is 5. The highest BCUT2D eigenvalue weighted by atomic mass is 32.1. The minimum atomic E-state index is -0.135. The van der Waals surface area contributed by atoms with Crippen LogP contribution in [0.25, 0.3) is 10.1 Å². The summed E-state index contributed by atoms with van der Waals surface area (Å²) in [6.45, 7) is 14.1. The molecule has 214 valence electrons. The minimum Gasteiger partial charge on any atom is -0.311 e. The maximum atomic E-state index is 2.62. The first kappa shape index (κ1) is 26.2. The van der Waals surface area contributed by atoms with E-state index in [0.29, 0.717) is 0 Å². The second-order valence-electron chi connectivity index (χ2n) is 14.3. The van der Waals surface area contributed by atoms with E-state index >= 15 is 0 Å². The fourth-order valence-corrected chi connectivity index (χ4v) is 9.45. The first-order valence-corrected chi connectivity index (χ1v) is 16.6. The number of thiophene rings is 1. The van der Waals surface area contributed by atoms with Crippen molar-refractivity contribution < 1.29 is 0 Å². The van der Waals surface area contributed by atoms with Crippen LogP contribution in [0.4, 0.5) is 34.1 Å². The molecule has 0 unspecified atom stereocenters. The Morgan fingerprint density at radius 1 is 0.682 bits per heavy atom. The molecule has 0 saturated heterocycles. The van der Waals surface area contributed by atoms with E-state index in [2.05, 4.69) is 154 Å². The van der Waals surface area contributed by atoms with Crippen LogP contribution in [0.2, 0.25) is 0 Å². The van der Waals surface area contributed by atoms with Crippen LogP contribution in [-0.4, -0.2) is 6.71 Å². The number of rotatable bonds is 1. The van der Waals surface area contributed by atoms with E-state index in [9.17, 15) is 0 Å². The molecule has 0 radical (unpaired) electrons. The van der Waals surface area contributed by atoms with E-state index in [1.165, 1.54) is 82.2 Å². The van der Waals surface area contributed by atoms with E-state index in [1.807, 2.05) is 11.3 Å². The van der Waals surface area contributed by atoms with Crippen LogP contribution >= 0.6 is 11.3 Å². The van der Waals surface area contributed by atoms with Crippen molar-refractivity contribution in [3.8, 4) is 0 Å². The average Bonchev–Trinajstić information content (AvgIpc) is 3.36. The molecule has 2 nitrogen and oxygen atoms in total. The van der Waals surface area contributed by atoms with E-state index in [1.54, 1.807) is 0 Å². The van der Waals surface area contributed by atoms with Crippen LogP contribution in [-0.2, 0) is 10.8 Å². The van der Waals surface area contributed by atoms with Crippen LogP contribution in [0.1, 0.15) is 56.9 Å². The third-order valence-electron chi connectivity index (χ3n) is 10.2. The van der Waals surface area contributed by atoms with Crippen molar-refractivity contribution in [2.75, 3.05) is 9.80 Å². The summed E-state index contributed by atoms with van der Waals surface area (Å²) in [5.74, 6) is 0. The Labute approximate surface area is 264 Å². The van der Waals surface area contributed by atoms with Crippen molar-refractivity contribution in [2.24, 2.45) is 0 Å². The lowest BCUT2D eigenvalue weighted by Crippen LogP contribution is -2.60. The molecule has 0 spiro atoms. The largest absolute Gasteiger partial charge is 0.311 e. The maximum Gasteiger partial charge on any atom is 0.264 e. The highest BCUT2D eigenvalue weighted by Crippen LogP contribution is 2.55. The predicted molar refractivity (Wildman–Crippen MR) is 191 cm³/mol. The van der Waals surface area contributed by atoms with Gasteiger partial charge in [-0.2, -0.15) is 0 Å². The molecule has 0 amide bonds. The molecule has 5 aromatic carbocycles. The standard InChI is InChI=1S/C40H35BN2S/c1-24-22-32-36-33(23-24)43-30-15-9-7-12-27(30)40(5,6)28-13-11-17-34-35(28)37(43)38(44-34)41(36)29-14-8-10-16-31(29)42(32)26-20-18-25(19-21-26)39(2,3)4/h7-23H,1-6H3. The Hall–Kier alpha value is -4.28. The minimum absolute atomic E-state index is 0.107. The number of anilines is 6. The Morgan fingerprint density at radius 2 is 1.34 bits per heavy atom. The van der Waals surface area contributed by atoms with Crippen LogP contribution in [0.5, 0.6) is 0 Å². The lowest BCUT2D eigenvalue weighted by Gasteiger charge is -2.43. The van der Waals surface area contributed by atoms with Gasteiger partial charge in [0.05, 0.1) is 11.4 Å². The molecule has 0 saturated carbocycles. The number of fused-ring (bicyclic) bond motifs is 6. The molecule has 0 bridgehead atoms. The van der Waals surface area contributed by atoms with Crippen LogP contribution in [0.15, 0.2) is 103 Å². The number of para-hydroxylation sites is 2. The quantitative estimate of drug-likeness (QED) is 0.177. The normalized spacial score (nSPS) is 15.5. The van der Waals surface area contributed by atoms with Gasteiger partial charge in [-0.05, 0) is 88.0 Å². The molecule has 44 heavy (non-hydrogen) atoms. The van der Waals surface area contributed by atoms with Gasteiger partial charge in [0.25, 0.3) is 6.71 Å². The van der Waals surface area contributed by atoms with E-state index < -0.39 is 0 Å². The van der Waals surface area contributed by atoms with Gasteiger partial charge in [0.1, 0.15) is 0 Å². The van der Waals surface area contributed by atoms with E-state index in [4.69, 9.17) is 0 Å². The zero-order chi connectivity index (χ0) is 30.1. The second kappa shape index (κ2) is 8.67. The summed E-state index contributed by atoms with van der Waals surface area (Å²) in [5.41, 5.74) is 15.9. The summed E-state index contributed by atoms with van der Waals surface area (Å²) >= 11 is 1.99. The van der Waals surface area contributed by atoms with Gasteiger partial charge in [-0.15, -0.1) is 11.3 Å². The van der Waals surface area contributed by atoms with Crippen molar-refractivity contribution >= 4 is 78.0 Å². The van der Waals surface area contributed by atoms with E-state index in [0.717, 1.165) is 0 Å². The molecule has 0 N–H and O–H groups in total. The Bertz CT molecular complexity index is 2170. The summed E-state index contributed by atoms with van der Waals surface area (Å²) < 4.78 is 2.83. The van der Waals surface area contributed by atoms with Crippen LogP contribution < -0.4 is 25.5 Å². The summed E-state index contributed by atoms with van der Waals surface area (Å²) in [5, 5.41) is 1.42. The highest BCUT2D eigenvalue weighted by Gasteiger charge is 2.47. The van der Waals surface area contributed by atoms with Gasteiger partial charge in [0.15, 0.2) is 0 Å². The Balaban J connectivity index is 1.41. The van der Waals surface area contributed by atoms with Crippen molar-refractivity contribution in [2.45, 2.75) is 52.4 Å². The molecule has 3 aliphatic heterocycles. The number of nitrogens with zero attached hydrogens (tertiary/aromatic N) is 2. The molecular weight excluding hydrogens is 551 g/mol. The van der Waals surface area contributed by atoms with Gasteiger partial charge < -0.3 is 9.80 Å². The monoisotopic (exact) mass is 586 g/mol. The molecule has 0 atom stereocenters. The SMILES string of the molecule is Cc1cc2c3c(c1)N1c4ccccc4C(C)(C)c4cccc5sc(c1c45)B3c1ccccc1N2c1ccc(C(C)(C)C)cc1. The lowest BCUT2D eigenvalue weighted by atomic mass is 9.36. The molecule has 4 heterocycles. The fourth-order valence-electron chi connectivity index (χ4n) is 8.11. The van der Waals surface area contributed by atoms with E-state index in [-0.39, 0.29) is 17.5 Å². The second-order valence-corrected chi connectivity index (χ2v) is 15.4. The zero-order valence-electron chi connectivity index (χ0n) is 26.2. The number of hydrogen-bond donors (Lipinski definition) is 0. The summed E-state index contributed by atoms with van der Waals surface area (Å²) in [6.07, 6.45) is 0. The van der Waals surface area contributed by atoms with Gasteiger partial charge in [0.2, 0.25) is 0 Å². The van der Waals surface area contributed by atoms with Crippen molar-refractivity contribution in [3.63, 3.8) is 0 Å². The Kier molecular flexibility index (Phi) is 5.15. The molecule has 9 rings (SSSR count). The highest BCUT2D eigenvalue weighted by molar-refractivity contribution is 7.33. The third kappa shape index (κ3) is 3.32. The van der Waals surface area contributed by atoms with Gasteiger partial charge >= 0.3 is 0 Å². The van der Waals surface area contributed by atoms with Gasteiger partial charge in [-0.1, -0.05) is 95.3 Å². The maximum absolute atomic E-state index is 2.62. The molecule has 1 aromatic heterocycles. The first-order valence-electron chi connectivity index (χ1n) is 15.7. The summed E-state index contributed by atoms with van der Waals surface area (Å²) in [4.78, 5) is 5.14. The molecule has 3 aliphatic rings. The predicted octanol–water partition coefficient (Wildman–Crippen LogP) is 9.23. The summed E-state index contributed by atoms with van der Waals surface area (Å²) in [7, 11) is 0. The molecular formula is C40H35BN2S. The third-order valence-corrected chi connectivity index (χ3v) is 11.4. The molecule has 6 aromatic rings. The summed E-state index contributed by atoms with van der Waals surface area (Å²) in [6, 6.07) is 39.3. The average molecular weight is 587 g/mol. The topological polar surface area (TPSA) is 6.48 Å². The number of aryl methyl sites for hydroxylation is 1. The van der Waals surface area contributed by atoms with Gasteiger partial charge in [-0.25, -0.2) is 0 Å². The first-order chi connectivity index (χ1) is 21.1. The van der Waals surface area contributed by atoms with Crippen LogP contribution in [0, 0.1) is 6.92 Å². The molecule has 4 heteroatoms. The zero-order valence-corrected chi connectivity index (χ0v) is 27.0. The van der Waals surface area contributed by atoms with Crippen LogP contribution in [0.3, 0.4) is 0 Å². The van der Waals surface area contributed by atoms with Crippen molar-refractivity contribution in [3.05, 3.63) is 125 Å². The van der Waals surface area contributed by atoms with Gasteiger partial charge in [-0.3, -0.25) is 0 Å². The lowest BCUT2D eigenvalue weighted by molar-refractivity contribution is 0.590. The fraction of sp³-hybridized carbons (Fsp3) is 0.200. The number of hydrogen-bond acceptors (Lipinski definition) is 3. The van der Waals surface area contributed by atoms with Crippen molar-refractivity contribution in [1.82, 2.24) is 0 Å². The van der Waals surface area contributed by atoms with Crippen molar-refractivity contribution in [1.29, 1.82) is 0 Å². The Morgan fingerprint density at radius 3 is 2.09 bits per heavy atom. The van der Waals surface area contributed by atoms with Gasteiger partial charge in [0, 0.05) is 43.0 Å².